The maximum Gasteiger partial charge on any atom is 0.112 e. The number of nitrogens with zero attached hydrogens (tertiary/aromatic N) is 1. The Labute approximate surface area is 82.6 Å². The smallest absolute Gasteiger partial charge is 0.112 e. The number of thiazole rings is 1. The minimum Gasteiger partial charge on any atom is -0.385 e. The molecule has 0 amide bonds. The molecule has 0 aromatic carbocycles. The van der Waals surface area contributed by atoms with Crippen molar-refractivity contribution in [3.05, 3.63) is 16.1 Å². The summed E-state index contributed by atoms with van der Waals surface area (Å²) in [7, 11) is 0. The molecule has 1 aromatic rings. The molecule has 0 fully saturated rings. The first-order chi connectivity index (χ1) is 6.02. The average Bonchev–Trinajstić information content (AvgIpc) is 2.49. The van der Waals surface area contributed by atoms with Crippen molar-refractivity contribution < 1.29 is 5.11 Å². The van der Waals surface area contributed by atoms with Gasteiger partial charge in [-0.15, -0.1) is 11.3 Å². The monoisotopic (exact) mass is 200 g/mol. The molecular weight excluding hydrogens is 184 g/mol. The Hall–Kier alpha value is -0.450. The lowest BCUT2D eigenvalue weighted by atomic mass is 9.98. The predicted octanol–water partition coefficient (Wildman–Crippen LogP) is 1.47. The molecule has 1 heterocycles. The SMILES string of the molecule is Cc1nc(C(O)C(N)C(C)C)cs1. The largest absolute Gasteiger partial charge is 0.385 e. The van der Waals surface area contributed by atoms with E-state index < -0.39 is 6.10 Å². The molecule has 0 saturated heterocycles. The number of hydrogen-bond donors (Lipinski definition) is 2. The molecule has 2 unspecified atom stereocenters. The molecule has 3 N–H and O–H groups in total. The van der Waals surface area contributed by atoms with E-state index >= 15 is 0 Å². The third kappa shape index (κ3) is 2.49. The van der Waals surface area contributed by atoms with E-state index in [1.807, 2.05) is 26.2 Å². The van der Waals surface area contributed by atoms with Crippen molar-refractivity contribution in [2.45, 2.75) is 32.9 Å². The van der Waals surface area contributed by atoms with Crippen LogP contribution in [-0.4, -0.2) is 16.1 Å². The highest BCUT2D eigenvalue weighted by Crippen LogP contribution is 2.21. The number of aromatic nitrogens is 1. The first kappa shape index (κ1) is 10.6. The Kier molecular flexibility index (Phi) is 3.41. The van der Waals surface area contributed by atoms with Crippen LogP contribution in [0, 0.1) is 12.8 Å². The maximum atomic E-state index is 9.79. The molecular formula is C9H16N2OS. The minimum atomic E-state index is -0.634. The lowest BCUT2D eigenvalue weighted by Crippen LogP contribution is -2.33. The second kappa shape index (κ2) is 4.17. The van der Waals surface area contributed by atoms with Crippen molar-refractivity contribution >= 4 is 11.3 Å². The lowest BCUT2D eigenvalue weighted by Gasteiger charge is -2.20. The Balaban J connectivity index is 2.73. The average molecular weight is 200 g/mol. The van der Waals surface area contributed by atoms with Gasteiger partial charge in [0, 0.05) is 11.4 Å². The fraction of sp³-hybridized carbons (Fsp3) is 0.667. The van der Waals surface area contributed by atoms with Gasteiger partial charge in [0.1, 0.15) is 6.10 Å². The van der Waals surface area contributed by atoms with Gasteiger partial charge >= 0.3 is 0 Å². The van der Waals surface area contributed by atoms with Crippen LogP contribution in [0.3, 0.4) is 0 Å². The maximum absolute atomic E-state index is 9.79. The van der Waals surface area contributed by atoms with E-state index in [0.717, 1.165) is 5.01 Å². The summed E-state index contributed by atoms with van der Waals surface area (Å²) in [5.74, 6) is 0.261. The zero-order valence-corrected chi connectivity index (χ0v) is 9.01. The van der Waals surface area contributed by atoms with E-state index in [4.69, 9.17) is 5.73 Å². The Morgan fingerprint density at radius 1 is 1.54 bits per heavy atom. The Bertz CT molecular complexity index is 272. The van der Waals surface area contributed by atoms with Gasteiger partial charge < -0.3 is 10.8 Å². The van der Waals surface area contributed by atoms with Crippen molar-refractivity contribution in [1.82, 2.24) is 4.98 Å². The van der Waals surface area contributed by atoms with Gasteiger partial charge in [-0.3, -0.25) is 0 Å². The minimum absolute atomic E-state index is 0.235. The summed E-state index contributed by atoms with van der Waals surface area (Å²) in [6, 6.07) is -0.235. The molecule has 2 atom stereocenters. The molecule has 13 heavy (non-hydrogen) atoms. The Morgan fingerprint density at radius 2 is 2.15 bits per heavy atom. The van der Waals surface area contributed by atoms with Gasteiger partial charge in [-0.25, -0.2) is 4.98 Å². The van der Waals surface area contributed by atoms with Crippen molar-refractivity contribution in [3.8, 4) is 0 Å². The van der Waals surface area contributed by atoms with Gasteiger partial charge in [0.15, 0.2) is 0 Å². The molecule has 74 valence electrons. The second-order valence-electron chi connectivity index (χ2n) is 3.56. The molecule has 0 saturated carbocycles. The fourth-order valence-electron chi connectivity index (χ4n) is 1.08. The molecule has 0 aliphatic rings. The van der Waals surface area contributed by atoms with E-state index in [2.05, 4.69) is 4.98 Å². The summed E-state index contributed by atoms with van der Waals surface area (Å²) < 4.78 is 0. The van der Waals surface area contributed by atoms with Crippen LogP contribution in [0.4, 0.5) is 0 Å². The summed E-state index contributed by atoms with van der Waals surface area (Å²) in [6.45, 7) is 5.90. The molecule has 4 heteroatoms. The zero-order chi connectivity index (χ0) is 10.0. The highest BCUT2D eigenvalue weighted by molar-refractivity contribution is 7.09. The second-order valence-corrected chi connectivity index (χ2v) is 4.62. The van der Waals surface area contributed by atoms with Crippen LogP contribution in [0.15, 0.2) is 5.38 Å². The molecule has 3 nitrogen and oxygen atoms in total. The highest BCUT2D eigenvalue weighted by atomic mass is 32.1. The highest BCUT2D eigenvalue weighted by Gasteiger charge is 2.21. The van der Waals surface area contributed by atoms with Crippen molar-refractivity contribution in [2.24, 2.45) is 11.7 Å². The third-order valence-electron chi connectivity index (χ3n) is 2.07. The van der Waals surface area contributed by atoms with Gasteiger partial charge in [0.25, 0.3) is 0 Å². The number of nitrogens with two attached hydrogens (primary N) is 1. The van der Waals surface area contributed by atoms with E-state index in [9.17, 15) is 5.11 Å². The summed E-state index contributed by atoms with van der Waals surface area (Å²) in [4.78, 5) is 4.20. The van der Waals surface area contributed by atoms with Crippen molar-refractivity contribution in [2.75, 3.05) is 0 Å². The van der Waals surface area contributed by atoms with Crippen LogP contribution in [0.5, 0.6) is 0 Å². The topological polar surface area (TPSA) is 59.1 Å². The quantitative estimate of drug-likeness (QED) is 0.776. The summed E-state index contributed by atoms with van der Waals surface area (Å²) in [5.41, 5.74) is 6.51. The summed E-state index contributed by atoms with van der Waals surface area (Å²) in [6.07, 6.45) is -0.634. The molecule has 1 rings (SSSR count). The molecule has 0 aliphatic heterocycles. The first-order valence-corrected chi connectivity index (χ1v) is 5.26. The normalized spacial score (nSPS) is 16.2. The van der Waals surface area contributed by atoms with Crippen molar-refractivity contribution in [3.63, 3.8) is 0 Å². The standard InChI is InChI=1S/C9H16N2OS/c1-5(2)8(10)9(12)7-4-13-6(3)11-7/h4-5,8-9,12H,10H2,1-3H3. The van der Waals surface area contributed by atoms with Crippen molar-refractivity contribution in [1.29, 1.82) is 0 Å². The molecule has 0 aliphatic carbocycles. The van der Waals surface area contributed by atoms with Crippen LogP contribution in [-0.2, 0) is 0 Å². The number of aliphatic hydroxyl groups excluding tert-OH is 1. The Morgan fingerprint density at radius 3 is 2.54 bits per heavy atom. The van der Waals surface area contributed by atoms with Crippen LogP contribution in [0.25, 0.3) is 0 Å². The van der Waals surface area contributed by atoms with Gasteiger partial charge in [0.05, 0.1) is 10.7 Å². The third-order valence-corrected chi connectivity index (χ3v) is 2.87. The zero-order valence-electron chi connectivity index (χ0n) is 8.19. The van der Waals surface area contributed by atoms with Gasteiger partial charge in [-0.1, -0.05) is 13.8 Å². The summed E-state index contributed by atoms with van der Waals surface area (Å²) >= 11 is 1.54. The van der Waals surface area contributed by atoms with E-state index in [1.165, 1.54) is 11.3 Å². The number of hydrogen-bond acceptors (Lipinski definition) is 4. The van der Waals surface area contributed by atoms with Crippen LogP contribution in [0.1, 0.15) is 30.7 Å². The van der Waals surface area contributed by atoms with E-state index in [-0.39, 0.29) is 12.0 Å². The molecule has 1 aromatic heterocycles. The lowest BCUT2D eigenvalue weighted by molar-refractivity contribution is 0.122. The fourth-order valence-corrected chi connectivity index (χ4v) is 1.72. The van der Waals surface area contributed by atoms with Gasteiger partial charge in [-0.2, -0.15) is 0 Å². The van der Waals surface area contributed by atoms with Gasteiger partial charge in [-0.05, 0) is 12.8 Å². The number of aliphatic hydroxyl groups is 1. The van der Waals surface area contributed by atoms with Crippen LogP contribution < -0.4 is 5.73 Å². The van der Waals surface area contributed by atoms with Gasteiger partial charge in [0.2, 0.25) is 0 Å². The van der Waals surface area contributed by atoms with Crippen LogP contribution in [0.2, 0.25) is 0 Å². The first-order valence-electron chi connectivity index (χ1n) is 4.38. The molecule has 0 spiro atoms. The summed E-state index contributed by atoms with van der Waals surface area (Å²) in [5, 5.41) is 12.6. The van der Waals surface area contributed by atoms with E-state index in [1.54, 1.807) is 0 Å². The molecule has 0 radical (unpaired) electrons. The van der Waals surface area contributed by atoms with Crippen LogP contribution >= 0.6 is 11.3 Å². The predicted molar refractivity (Wildman–Crippen MR) is 54.6 cm³/mol. The molecule has 0 bridgehead atoms. The number of aryl methyl sites for hydroxylation is 1. The van der Waals surface area contributed by atoms with E-state index in [0.29, 0.717) is 5.69 Å². The number of rotatable bonds is 3.